The molecule has 1 N–H and O–H groups in total. The van der Waals surface area contributed by atoms with Crippen LogP contribution in [0.4, 0.5) is 0 Å². The molecule has 0 fully saturated rings. The molecule has 2 aromatic rings. The molecule has 0 aliphatic heterocycles. The zero-order valence-electron chi connectivity index (χ0n) is 11.6. The van der Waals surface area contributed by atoms with Crippen molar-refractivity contribution in [3.63, 3.8) is 0 Å². The van der Waals surface area contributed by atoms with E-state index in [1.807, 2.05) is 18.2 Å². The summed E-state index contributed by atoms with van der Waals surface area (Å²) in [6.07, 6.45) is 0. The van der Waals surface area contributed by atoms with Crippen molar-refractivity contribution in [1.82, 2.24) is 15.1 Å². The summed E-state index contributed by atoms with van der Waals surface area (Å²) in [5, 5.41) is 7.28. The van der Waals surface area contributed by atoms with E-state index >= 15 is 0 Å². The lowest BCUT2D eigenvalue weighted by molar-refractivity contribution is -0.139. The number of aryl methyl sites for hydroxylation is 1. The van der Waals surface area contributed by atoms with Gasteiger partial charge in [0.2, 0.25) is 0 Å². The maximum atomic E-state index is 12.0. The number of rotatable bonds is 4. The molecule has 0 aliphatic carbocycles. The Morgan fingerprint density at radius 1 is 1.38 bits per heavy atom. The first-order valence-corrected chi connectivity index (χ1v) is 6.54. The molecule has 0 atom stereocenters. The third-order valence-corrected chi connectivity index (χ3v) is 3.21. The van der Waals surface area contributed by atoms with Crippen LogP contribution in [0.1, 0.15) is 10.5 Å². The molecule has 1 aromatic heterocycles. The maximum absolute atomic E-state index is 12.0. The topological polar surface area (TPSA) is 73.2 Å². The van der Waals surface area contributed by atoms with Gasteiger partial charge < -0.3 is 10.1 Å². The standard InChI is InChI=1S/C14H14ClN3O3/c1-18-12(14(20)16-8-13(19)21-2)7-11(17-18)9-5-3-4-6-10(9)15/h3-7H,8H2,1-2H3,(H,16,20). The minimum atomic E-state index is -0.517. The molecule has 0 radical (unpaired) electrons. The molecule has 0 bridgehead atoms. The van der Waals surface area contributed by atoms with E-state index in [0.29, 0.717) is 16.4 Å². The largest absolute Gasteiger partial charge is 0.468 e. The molecule has 7 heteroatoms. The average Bonchev–Trinajstić information content (AvgIpc) is 2.86. The van der Waals surface area contributed by atoms with Gasteiger partial charge in [0.25, 0.3) is 5.91 Å². The van der Waals surface area contributed by atoms with Crippen LogP contribution in [0.25, 0.3) is 11.3 Å². The summed E-state index contributed by atoms with van der Waals surface area (Å²) in [6, 6.07) is 8.85. The van der Waals surface area contributed by atoms with Crippen LogP contribution in [0, 0.1) is 0 Å². The number of nitrogens with one attached hydrogen (secondary N) is 1. The van der Waals surface area contributed by atoms with Crippen molar-refractivity contribution in [2.75, 3.05) is 13.7 Å². The molecule has 2 rings (SSSR count). The van der Waals surface area contributed by atoms with Crippen molar-refractivity contribution < 1.29 is 14.3 Å². The Morgan fingerprint density at radius 2 is 2.10 bits per heavy atom. The van der Waals surface area contributed by atoms with E-state index in [0.717, 1.165) is 5.56 Å². The molecular formula is C14H14ClN3O3. The fourth-order valence-corrected chi connectivity index (χ4v) is 2.03. The molecule has 1 amide bonds. The van der Waals surface area contributed by atoms with Gasteiger partial charge in [0.1, 0.15) is 12.2 Å². The molecule has 1 aromatic carbocycles. The van der Waals surface area contributed by atoms with Gasteiger partial charge in [-0.3, -0.25) is 14.3 Å². The number of hydrogen-bond donors (Lipinski definition) is 1. The Morgan fingerprint density at radius 3 is 2.76 bits per heavy atom. The lowest BCUT2D eigenvalue weighted by Gasteiger charge is -2.03. The number of carbonyl (C=O) groups excluding carboxylic acids is 2. The fraction of sp³-hybridized carbons (Fsp3) is 0.214. The van der Waals surface area contributed by atoms with Crippen LogP contribution in [0.3, 0.4) is 0 Å². The first-order chi connectivity index (χ1) is 10.0. The minimum Gasteiger partial charge on any atom is -0.468 e. The number of benzene rings is 1. The van der Waals surface area contributed by atoms with E-state index in [-0.39, 0.29) is 6.54 Å². The van der Waals surface area contributed by atoms with Gasteiger partial charge in [0.05, 0.1) is 17.8 Å². The van der Waals surface area contributed by atoms with Crippen LogP contribution in [-0.2, 0) is 16.6 Å². The molecule has 110 valence electrons. The Kier molecular flexibility index (Phi) is 4.59. The van der Waals surface area contributed by atoms with E-state index < -0.39 is 11.9 Å². The van der Waals surface area contributed by atoms with Gasteiger partial charge in [0, 0.05) is 12.6 Å². The molecular weight excluding hydrogens is 294 g/mol. The van der Waals surface area contributed by atoms with Crippen molar-refractivity contribution in [2.24, 2.45) is 7.05 Å². The Balaban J connectivity index is 2.22. The van der Waals surface area contributed by atoms with Crippen molar-refractivity contribution in [1.29, 1.82) is 0 Å². The van der Waals surface area contributed by atoms with Crippen LogP contribution >= 0.6 is 11.6 Å². The van der Waals surface area contributed by atoms with Crippen LogP contribution in [0.2, 0.25) is 5.02 Å². The molecule has 0 saturated carbocycles. The highest BCUT2D eigenvalue weighted by Crippen LogP contribution is 2.26. The number of nitrogens with zero attached hydrogens (tertiary/aromatic N) is 2. The molecule has 6 nitrogen and oxygen atoms in total. The van der Waals surface area contributed by atoms with E-state index in [2.05, 4.69) is 15.2 Å². The summed E-state index contributed by atoms with van der Waals surface area (Å²) in [5.74, 6) is -0.925. The van der Waals surface area contributed by atoms with E-state index in [4.69, 9.17) is 11.6 Å². The number of hydrogen-bond acceptors (Lipinski definition) is 4. The maximum Gasteiger partial charge on any atom is 0.325 e. The molecule has 0 spiro atoms. The zero-order valence-corrected chi connectivity index (χ0v) is 12.3. The second-order valence-electron chi connectivity index (χ2n) is 4.28. The summed E-state index contributed by atoms with van der Waals surface area (Å²) >= 11 is 6.11. The number of aromatic nitrogens is 2. The predicted octanol–water partition coefficient (Wildman–Crippen LogP) is 1.64. The smallest absolute Gasteiger partial charge is 0.325 e. The fourth-order valence-electron chi connectivity index (χ4n) is 1.80. The highest BCUT2D eigenvalue weighted by Gasteiger charge is 2.16. The van der Waals surface area contributed by atoms with Gasteiger partial charge in [-0.2, -0.15) is 5.10 Å². The number of esters is 1. The monoisotopic (exact) mass is 307 g/mol. The van der Waals surface area contributed by atoms with Crippen LogP contribution < -0.4 is 5.32 Å². The summed E-state index contributed by atoms with van der Waals surface area (Å²) in [4.78, 5) is 23.0. The Bertz CT molecular complexity index is 682. The molecule has 0 unspecified atom stereocenters. The quantitative estimate of drug-likeness (QED) is 0.872. The van der Waals surface area contributed by atoms with Crippen molar-refractivity contribution in [2.45, 2.75) is 0 Å². The van der Waals surface area contributed by atoms with Crippen molar-refractivity contribution in [3.8, 4) is 11.3 Å². The first-order valence-electron chi connectivity index (χ1n) is 6.17. The van der Waals surface area contributed by atoms with Gasteiger partial charge in [-0.05, 0) is 12.1 Å². The second kappa shape index (κ2) is 6.41. The van der Waals surface area contributed by atoms with E-state index in [1.165, 1.54) is 11.8 Å². The summed E-state index contributed by atoms with van der Waals surface area (Å²) in [6.45, 7) is -0.193. The Labute approximate surface area is 126 Å². The van der Waals surface area contributed by atoms with Gasteiger partial charge in [0.15, 0.2) is 0 Å². The minimum absolute atomic E-state index is 0.193. The van der Waals surface area contributed by atoms with E-state index in [1.54, 1.807) is 19.2 Å². The first kappa shape index (κ1) is 15.1. The van der Waals surface area contributed by atoms with Crippen molar-refractivity contribution >= 4 is 23.5 Å². The third kappa shape index (κ3) is 3.41. The van der Waals surface area contributed by atoms with Gasteiger partial charge in [-0.25, -0.2) is 0 Å². The zero-order chi connectivity index (χ0) is 15.4. The second-order valence-corrected chi connectivity index (χ2v) is 4.68. The number of ether oxygens (including phenoxy) is 1. The molecule has 0 aliphatic rings. The lowest BCUT2D eigenvalue weighted by atomic mass is 10.1. The molecule has 0 saturated heterocycles. The number of halogens is 1. The normalized spacial score (nSPS) is 10.2. The van der Waals surface area contributed by atoms with Crippen LogP contribution in [-0.4, -0.2) is 35.3 Å². The van der Waals surface area contributed by atoms with Gasteiger partial charge in [-0.1, -0.05) is 29.8 Å². The van der Waals surface area contributed by atoms with E-state index in [9.17, 15) is 9.59 Å². The summed E-state index contributed by atoms with van der Waals surface area (Å²) in [5.41, 5.74) is 1.65. The predicted molar refractivity (Wildman–Crippen MR) is 78.0 cm³/mol. The van der Waals surface area contributed by atoms with Crippen molar-refractivity contribution in [3.05, 3.63) is 41.0 Å². The van der Waals surface area contributed by atoms with Gasteiger partial charge in [-0.15, -0.1) is 0 Å². The lowest BCUT2D eigenvalue weighted by Crippen LogP contribution is -2.31. The van der Waals surface area contributed by atoms with Crippen LogP contribution in [0.5, 0.6) is 0 Å². The number of amides is 1. The number of methoxy groups -OCH3 is 1. The molecule has 21 heavy (non-hydrogen) atoms. The number of carbonyl (C=O) groups is 2. The highest BCUT2D eigenvalue weighted by molar-refractivity contribution is 6.33. The average molecular weight is 308 g/mol. The van der Waals surface area contributed by atoms with Crippen LogP contribution in [0.15, 0.2) is 30.3 Å². The highest BCUT2D eigenvalue weighted by atomic mass is 35.5. The molecule has 1 heterocycles. The SMILES string of the molecule is COC(=O)CNC(=O)c1cc(-c2ccccc2Cl)nn1C. The summed E-state index contributed by atoms with van der Waals surface area (Å²) < 4.78 is 5.90. The summed E-state index contributed by atoms with van der Waals surface area (Å²) in [7, 11) is 2.90. The van der Waals surface area contributed by atoms with Gasteiger partial charge >= 0.3 is 5.97 Å². The third-order valence-electron chi connectivity index (χ3n) is 2.88. The Hall–Kier alpha value is -2.34.